The van der Waals surface area contributed by atoms with Crippen LogP contribution in [0.1, 0.15) is 32.8 Å². The van der Waals surface area contributed by atoms with Crippen molar-refractivity contribution in [1.29, 1.82) is 0 Å². The van der Waals surface area contributed by atoms with Gasteiger partial charge in [0.15, 0.2) is 11.5 Å². The number of nitrogens with zero attached hydrogens (tertiary/aromatic N) is 1. The van der Waals surface area contributed by atoms with Gasteiger partial charge < -0.3 is 24.7 Å². The number of nitrogens with one attached hydrogen (secondary N) is 2. The number of carboxylic acids is 1. The molecular weight excluding hydrogens is 342 g/mol. The third kappa shape index (κ3) is 7.20. The van der Waals surface area contributed by atoms with Gasteiger partial charge in [-0.2, -0.15) is 5.10 Å². The molecule has 0 radical (unpaired) electrons. The number of carbonyl (C=O) groups excluding carboxylic acids is 3. The van der Waals surface area contributed by atoms with Crippen LogP contribution in [0.25, 0.3) is 0 Å². The van der Waals surface area contributed by atoms with E-state index in [9.17, 15) is 19.5 Å². The number of hydrogen-bond acceptors (Lipinski definition) is 7. The Morgan fingerprint density at radius 2 is 1.92 bits per heavy atom. The Hall–Kier alpha value is -3.10. The van der Waals surface area contributed by atoms with E-state index in [0.29, 0.717) is 24.3 Å². The topological polar surface area (TPSA) is 129 Å². The highest BCUT2D eigenvalue weighted by atomic mass is 16.5. The number of rotatable bonds is 9. The molecule has 26 heavy (non-hydrogen) atoms. The van der Waals surface area contributed by atoms with Crippen LogP contribution in [0, 0.1) is 0 Å². The number of hydrogen-bond donors (Lipinski definition) is 2. The second-order valence-electron chi connectivity index (χ2n) is 5.28. The molecule has 1 atom stereocenters. The fourth-order valence-electron chi connectivity index (χ4n) is 1.74. The van der Waals surface area contributed by atoms with Crippen molar-refractivity contribution in [3.63, 3.8) is 0 Å². The fraction of sp³-hybridized carbons (Fsp3) is 0.412. The highest BCUT2D eigenvalue weighted by Gasteiger charge is 2.14. The molecule has 0 fully saturated rings. The van der Waals surface area contributed by atoms with E-state index in [1.807, 2.05) is 6.92 Å². The highest BCUT2D eigenvalue weighted by molar-refractivity contribution is 6.35. The van der Waals surface area contributed by atoms with E-state index in [1.165, 1.54) is 12.3 Å². The highest BCUT2D eigenvalue weighted by Crippen LogP contribution is 2.27. The first-order valence-electron chi connectivity index (χ1n) is 8.10. The predicted molar refractivity (Wildman–Crippen MR) is 91.7 cm³/mol. The average molecular weight is 364 g/mol. The van der Waals surface area contributed by atoms with E-state index in [1.54, 1.807) is 26.0 Å². The van der Waals surface area contributed by atoms with Crippen LogP contribution in [-0.2, 0) is 14.4 Å². The summed E-state index contributed by atoms with van der Waals surface area (Å²) in [5.74, 6) is -2.43. The van der Waals surface area contributed by atoms with Gasteiger partial charge in [0, 0.05) is 6.04 Å². The Kier molecular flexibility index (Phi) is 8.62. The quantitative estimate of drug-likeness (QED) is 0.348. The molecule has 0 heterocycles. The predicted octanol–water partition coefficient (Wildman–Crippen LogP) is -0.421. The largest absolute Gasteiger partial charge is 0.546 e. The van der Waals surface area contributed by atoms with Crippen molar-refractivity contribution in [2.45, 2.75) is 33.2 Å². The van der Waals surface area contributed by atoms with Crippen LogP contribution in [0.15, 0.2) is 23.3 Å². The number of aliphatic carboxylic acids is 1. The molecule has 0 saturated heterocycles. The molecule has 2 amide bonds. The summed E-state index contributed by atoms with van der Waals surface area (Å²) in [6, 6.07) is 4.54. The minimum atomic E-state index is -1.35. The molecule has 0 aliphatic heterocycles. The Balaban J connectivity index is 2.72. The Morgan fingerprint density at radius 3 is 2.54 bits per heavy atom. The summed E-state index contributed by atoms with van der Waals surface area (Å²) in [6.45, 7) is 5.17. The molecule has 1 aromatic rings. The molecule has 1 rings (SSSR count). The summed E-state index contributed by atoms with van der Waals surface area (Å²) < 4.78 is 10.5. The van der Waals surface area contributed by atoms with Crippen LogP contribution < -0.4 is 25.3 Å². The second-order valence-corrected chi connectivity index (χ2v) is 5.28. The van der Waals surface area contributed by atoms with Gasteiger partial charge in [-0.25, -0.2) is 5.43 Å². The van der Waals surface area contributed by atoms with Crippen LogP contribution in [0.3, 0.4) is 0 Å². The Bertz CT molecular complexity index is 674. The minimum absolute atomic E-state index is 0.112. The van der Waals surface area contributed by atoms with E-state index in [4.69, 9.17) is 9.47 Å². The summed E-state index contributed by atoms with van der Waals surface area (Å²) in [5.41, 5.74) is 2.68. The van der Waals surface area contributed by atoms with Crippen LogP contribution >= 0.6 is 0 Å². The van der Waals surface area contributed by atoms with E-state index in [2.05, 4.69) is 15.8 Å². The van der Waals surface area contributed by atoms with Gasteiger partial charge in [0.2, 0.25) is 0 Å². The molecule has 0 spiro atoms. The third-order valence-electron chi connectivity index (χ3n) is 3.19. The van der Waals surface area contributed by atoms with Crippen LogP contribution in [0.5, 0.6) is 11.5 Å². The maximum Gasteiger partial charge on any atom is 0.329 e. The first-order chi connectivity index (χ1) is 12.4. The van der Waals surface area contributed by atoms with Crippen molar-refractivity contribution < 1.29 is 29.0 Å². The van der Waals surface area contributed by atoms with Crippen LogP contribution in [-0.4, -0.2) is 43.3 Å². The standard InChI is InChI=1S/C17H23N3O6/c1-4-11(3)19-16(23)17(24)20-18-9-12-6-7-13(26-10-15(21)22)14(8-12)25-5-2/h6-9,11H,4-5,10H2,1-3H3,(H,19,23)(H,20,24)(H,21,22)/p-1/b18-9-/t11-/m1/s1. The van der Waals surface area contributed by atoms with Crippen molar-refractivity contribution in [1.82, 2.24) is 10.7 Å². The van der Waals surface area contributed by atoms with Gasteiger partial charge in [0.1, 0.15) is 6.61 Å². The molecule has 0 saturated carbocycles. The number of ether oxygens (including phenoxy) is 2. The SMILES string of the molecule is CCOc1cc(/C=N\NC(=O)C(=O)N[C@H](C)CC)ccc1OCC(=O)[O-]. The molecule has 0 aromatic heterocycles. The van der Waals surface area contributed by atoms with Crippen molar-refractivity contribution in [3.8, 4) is 11.5 Å². The van der Waals surface area contributed by atoms with Gasteiger partial charge >= 0.3 is 11.8 Å². The summed E-state index contributed by atoms with van der Waals surface area (Å²) in [5, 5.41) is 16.7. The molecule has 9 nitrogen and oxygen atoms in total. The van der Waals surface area contributed by atoms with E-state index in [-0.39, 0.29) is 11.8 Å². The molecule has 142 valence electrons. The van der Waals surface area contributed by atoms with Crippen molar-refractivity contribution in [3.05, 3.63) is 23.8 Å². The Labute approximate surface area is 151 Å². The zero-order valence-electron chi connectivity index (χ0n) is 14.9. The molecule has 0 unspecified atom stereocenters. The van der Waals surface area contributed by atoms with Crippen molar-refractivity contribution in [2.75, 3.05) is 13.2 Å². The summed E-state index contributed by atoms with van der Waals surface area (Å²) >= 11 is 0. The van der Waals surface area contributed by atoms with Crippen molar-refractivity contribution >= 4 is 24.0 Å². The third-order valence-corrected chi connectivity index (χ3v) is 3.19. The summed E-state index contributed by atoms with van der Waals surface area (Å²) in [7, 11) is 0. The van der Waals surface area contributed by atoms with Gasteiger partial charge in [-0.05, 0) is 44.0 Å². The normalized spacial score (nSPS) is 11.7. The lowest BCUT2D eigenvalue weighted by molar-refractivity contribution is -0.307. The second kappa shape index (κ2) is 10.7. The zero-order valence-corrected chi connectivity index (χ0v) is 14.9. The maximum absolute atomic E-state index is 11.6. The monoisotopic (exact) mass is 364 g/mol. The minimum Gasteiger partial charge on any atom is -0.546 e. The number of benzene rings is 1. The smallest absolute Gasteiger partial charge is 0.329 e. The molecule has 0 bridgehead atoms. The number of carboxylic acid groups (broad SMARTS) is 1. The summed E-state index contributed by atoms with van der Waals surface area (Å²) in [4.78, 5) is 33.7. The average Bonchev–Trinajstić information content (AvgIpc) is 2.60. The van der Waals surface area contributed by atoms with Gasteiger partial charge in [-0.1, -0.05) is 6.92 Å². The first-order valence-corrected chi connectivity index (χ1v) is 8.10. The number of hydrazone groups is 1. The van der Waals surface area contributed by atoms with Gasteiger partial charge in [-0.3, -0.25) is 9.59 Å². The lowest BCUT2D eigenvalue weighted by Crippen LogP contribution is -2.41. The lowest BCUT2D eigenvalue weighted by atomic mass is 10.2. The van der Waals surface area contributed by atoms with E-state index in [0.717, 1.165) is 0 Å². The molecular formula is C17H22N3O6-. The van der Waals surface area contributed by atoms with Gasteiger partial charge in [-0.15, -0.1) is 0 Å². The summed E-state index contributed by atoms with van der Waals surface area (Å²) in [6.07, 6.45) is 2.02. The first kappa shape index (κ1) is 20.9. The molecule has 0 aliphatic carbocycles. The molecule has 9 heteroatoms. The van der Waals surface area contributed by atoms with Crippen molar-refractivity contribution in [2.24, 2.45) is 5.10 Å². The fourth-order valence-corrected chi connectivity index (χ4v) is 1.74. The maximum atomic E-state index is 11.6. The zero-order chi connectivity index (χ0) is 19.5. The molecule has 2 N–H and O–H groups in total. The van der Waals surface area contributed by atoms with E-state index >= 15 is 0 Å². The van der Waals surface area contributed by atoms with Gasteiger partial charge in [0.05, 0.1) is 18.8 Å². The lowest BCUT2D eigenvalue weighted by Gasteiger charge is -2.12. The Morgan fingerprint density at radius 1 is 1.19 bits per heavy atom. The van der Waals surface area contributed by atoms with Crippen LogP contribution in [0.4, 0.5) is 0 Å². The van der Waals surface area contributed by atoms with E-state index < -0.39 is 24.4 Å². The van der Waals surface area contributed by atoms with Gasteiger partial charge in [0.25, 0.3) is 0 Å². The molecule has 0 aliphatic rings. The van der Waals surface area contributed by atoms with Crippen LogP contribution in [0.2, 0.25) is 0 Å². The number of carbonyl (C=O) groups is 3. The molecule has 1 aromatic carbocycles. The number of amides is 2.